The Morgan fingerprint density at radius 1 is 1.42 bits per heavy atom. The fraction of sp³-hybridized carbons (Fsp3) is 0.625. The van der Waals surface area contributed by atoms with Crippen LogP contribution in [0, 0.1) is 6.92 Å². The van der Waals surface area contributed by atoms with Gasteiger partial charge >= 0.3 is 0 Å². The van der Waals surface area contributed by atoms with Crippen molar-refractivity contribution in [2.75, 3.05) is 13.1 Å². The van der Waals surface area contributed by atoms with Gasteiger partial charge in [0.2, 0.25) is 0 Å². The highest BCUT2D eigenvalue weighted by Crippen LogP contribution is 2.21. The molecule has 0 aliphatic heterocycles. The molecule has 0 aliphatic rings. The van der Waals surface area contributed by atoms with Gasteiger partial charge in [-0.1, -0.05) is 13.0 Å². The number of hydrogen-bond donors (Lipinski definition) is 1. The summed E-state index contributed by atoms with van der Waals surface area (Å²) in [7, 11) is 0. The average molecular weight is 264 g/mol. The van der Waals surface area contributed by atoms with Crippen molar-refractivity contribution < 1.29 is 4.42 Å². The predicted octanol–water partition coefficient (Wildman–Crippen LogP) is 3.48. The van der Waals surface area contributed by atoms with E-state index in [0.29, 0.717) is 0 Å². The van der Waals surface area contributed by atoms with Crippen molar-refractivity contribution in [3.8, 4) is 0 Å². The summed E-state index contributed by atoms with van der Waals surface area (Å²) in [5.74, 6) is 2.05. The molecule has 0 aliphatic carbocycles. The SMILES string of the molecule is C=CCN(Cc1cc(CNCC)c(C)o1)C(C)(C)C. The Labute approximate surface area is 117 Å². The molecule has 0 saturated carbocycles. The van der Waals surface area contributed by atoms with E-state index >= 15 is 0 Å². The highest BCUT2D eigenvalue weighted by molar-refractivity contribution is 5.20. The number of rotatable bonds is 7. The highest BCUT2D eigenvalue weighted by Gasteiger charge is 2.21. The predicted molar refractivity (Wildman–Crippen MR) is 81.2 cm³/mol. The van der Waals surface area contributed by atoms with Gasteiger partial charge in [-0.25, -0.2) is 0 Å². The van der Waals surface area contributed by atoms with E-state index in [-0.39, 0.29) is 5.54 Å². The van der Waals surface area contributed by atoms with Crippen LogP contribution < -0.4 is 5.32 Å². The Balaban J connectivity index is 2.77. The number of nitrogens with zero attached hydrogens (tertiary/aromatic N) is 1. The molecule has 19 heavy (non-hydrogen) atoms. The third-order valence-electron chi connectivity index (χ3n) is 3.28. The maximum Gasteiger partial charge on any atom is 0.118 e. The van der Waals surface area contributed by atoms with E-state index in [1.807, 2.05) is 13.0 Å². The van der Waals surface area contributed by atoms with Gasteiger partial charge in [-0.2, -0.15) is 0 Å². The number of hydrogen-bond acceptors (Lipinski definition) is 3. The Kier molecular flexibility index (Phi) is 5.83. The Morgan fingerprint density at radius 2 is 2.11 bits per heavy atom. The van der Waals surface area contributed by atoms with Crippen molar-refractivity contribution in [3.05, 3.63) is 35.8 Å². The second kappa shape index (κ2) is 6.92. The van der Waals surface area contributed by atoms with Crippen molar-refractivity contribution in [3.63, 3.8) is 0 Å². The summed E-state index contributed by atoms with van der Waals surface area (Å²) in [5.41, 5.74) is 1.36. The molecule has 0 saturated heterocycles. The van der Waals surface area contributed by atoms with Crippen LogP contribution in [0.4, 0.5) is 0 Å². The molecule has 0 spiro atoms. The van der Waals surface area contributed by atoms with E-state index in [0.717, 1.165) is 37.7 Å². The summed E-state index contributed by atoms with van der Waals surface area (Å²) in [6, 6.07) is 2.17. The summed E-state index contributed by atoms with van der Waals surface area (Å²) < 4.78 is 5.87. The largest absolute Gasteiger partial charge is 0.465 e. The van der Waals surface area contributed by atoms with Crippen LogP contribution in [0.25, 0.3) is 0 Å². The van der Waals surface area contributed by atoms with Crippen LogP contribution in [-0.4, -0.2) is 23.5 Å². The van der Waals surface area contributed by atoms with Crippen LogP contribution in [-0.2, 0) is 13.1 Å². The quantitative estimate of drug-likeness (QED) is 0.764. The van der Waals surface area contributed by atoms with Crippen LogP contribution in [0.2, 0.25) is 0 Å². The molecular formula is C16H28N2O. The van der Waals surface area contributed by atoms with E-state index in [2.05, 4.69) is 50.6 Å². The first kappa shape index (κ1) is 16.0. The third-order valence-corrected chi connectivity index (χ3v) is 3.28. The van der Waals surface area contributed by atoms with Gasteiger partial charge in [-0.3, -0.25) is 4.90 Å². The minimum absolute atomic E-state index is 0.108. The molecule has 0 atom stereocenters. The van der Waals surface area contributed by atoms with Crippen LogP contribution in [0.5, 0.6) is 0 Å². The van der Waals surface area contributed by atoms with Crippen molar-refractivity contribution in [2.45, 2.75) is 53.2 Å². The number of aryl methyl sites for hydroxylation is 1. The minimum atomic E-state index is 0.108. The molecule has 0 radical (unpaired) electrons. The van der Waals surface area contributed by atoms with Crippen LogP contribution >= 0.6 is 0 Å². The molecule has 0 unspecified atom stereocenters. The first-order chi connectivity index (χ1) is 8.88. The lowest BCUT2D eigenvalue weighted by molar-refractivity contribution is 0.134. The zero-order valence-corrected chi connectivity index (χ0v) is 13.0. The van der Waals surface area contributed by atoms with Crippen LogP contribution in [0.15, 0.2) is 23.1 Å². The molecule has 1 N–H and O–H groups in total. The number of nitrogens with one attached hydrogen (secondary N) is 1. The van der Waals surface area contributed by atoms with Crippen molar-refractivity contribution in [1.29, 1.82) is 0 Å². The molecule has 0 aromatic carbocycles. The van der Waals surface area contributed by atoms with Gasteiger partial charge < -0.3 is 9.73 Å². The molecule has 0 fully saturated rings. The Morgan fingerprint density at radius 3 is 2.63 bits per heavy atom. The van der Waals surface area contributed by atoms with Crippen molar-refractivity contribution in [1.82, 2.24) is 10.2 Å². The maximum absolute atomic E-state index is 5.87. The first-order valence-corrected chi connectivity index (χ1v) is 7.03. The molecule has 3 nitrogen and oxygen atoms in total. The van der Waals surface area contributed by atoms with Crippen molar-refractivity contribution >= 4 is 0 Å². The molecule has 1 heterocycles. The monoisotopic (exact) mass is 264 g/mol. The fourth-order valence-corrected chi connectivity index (χ4v) is 2.02. The highest BCUT2D eigenvalue weighted by atomic mass is 16.3. The van der Waals surface area contributed by atoms with Gasteiger partial charge in [0.05, 0.1) is 6.54 Å². The molecule has 3 heteroatoms. The summed E-state index contributed by atoms with van der Waals surface area (Å²) in [6.07, 6.45) is 1.95. The maximum atomic E-state index is 5.87. The zero-order valence-electron chi connectivity index (χ0n) is 13.0. The standard InChI is InChI=1S/C16H28N2O/c1-7-9-18(16(4,5)6)12-15-10-14(11-17-8-2)13(3)19-15/h7,10,17H,1,8-9,11-12H2,2-6H3. The van der Waals surface area contributed by atoms with E-state index < -0.39 is 0 Å². The van der Waals surface area contributed by atoms with Gasteiger partial charge in [-0.05, 0) is 40.3 Å². The minimum Gasteiger partial charge on any atom is -0.465 e. The molecular weight excluding hydrogens is 236 g/mol. The molecule has 0 bridgehead atoms. The van der Waals surface area contributed by atoms with E-state index in [1.165, 1.54) is 5.56 Å². The van der Waals surface area contributed by atoms with Gasteiger partial charge in [0.1, 0.15) is 11.5 Å². The lowest BCUT2D eigenvalue weighted by atomic mass is 10.1. The third kappa shape index (κ3) is 4.84. The lowest BCUT2D eigenvalue weighted by Crippen LogP contribution is -2.40. The molecule has 1 rings (SSSR count). The van der Waals surface area contributed by atoms with Gasteiger partial charge in [-0.15, -0.1) is 6.58 Å². The van der Waals surface area contributed by atoms with E-state index in [4.69, 9.17) is 4.42 Å². The van der Waals surface area contributed by atoms with Gasteiger partial charge in [0, 0.05) is 24.2 Å². The van der Waals surface area contributed by atoms with Crippen LogP contribution in [0.3, 0.4) is 0 Å². The van der Waals surface area contributed by atoms with Crippen molar-refractivity contribution in [2.24, 2.45) is 0 Å². The van der Waals surface area contributed by atoms with E-state index in [1.54, 1.807) is 0 Å². The smallest absolute Gasteiger partial charge is 0.118 e. The molecule has 108 valence electrons. The fourth-order valence-electron chi connectivity index (χ4n) is 2.02. The number of furan rings is 1. The van der Waals surface area contributed by atoms with Crippen LogP contribution in [0.1, 0.15) is 44.8 Å². The van der Waals surface area contributed by atoms with E-state index in [9.17, 15) is 0 Å². The average Bonchev–Trinajstić information content (AvgIpc) is 2.65. The summed E-state index contributed by atoms with van der Waals surface area (Å²) in [5, 5.41) is 3.34. The molecule has 1 aromatic rings. The Hall–Kier alpha value is -1.06. The summed E-state index contributed by atoms with van der Waals surface area (Å²) in [6.45, 7) is 18.2. The lowest BCUT2D eigenvalue weighted by Gasteiger charge is -2.34. The second-order valence-electron chi connectivity index (χ2n) is 5.91. The summed E-state index contributed by atoms with van der Waals surface area (Å²) >= 11 is 0. The molecule has 1 aromatic heterocycles. The topological polar surface area (TPSA) is 28.4 Å². The van der Waals surface area contributed by atoms with Gasteiger partial charge in [0.15, 0.2) is 0 Å². The molecule has 0 amide bonds. The second-order valence-corrected chi connectivity index (χ2v) is 5.91. The zero-order chi connectivity index (χ0) is 14.5. The normalized spacial score (nSPS) is 12.1. The summed E-state index contributed by atoms with van der Waals surface area (Å²) in [4.78, 5) is 2.36. The Bertz CT molecular complexity index is 401. The first-order valence-electron chi connectivity index (χ1n) is 7.03. The van der Waals surface area contributed by atoms with Gasteiger partial charge in [0.25, 0.3) is 0 Å².